The molecule has 1 N–H and O–H groups in total. The highest BCUT2D eigenvalue weighted by Gasteiger charge is 2.13. The van der Waals surface area contributed by atoms with E-state index in [0.717, 1.165) is 11.3 Å². The Morgan fingerprint density at radius 1 is 1.14 bits per heavy atom. The number of hydrogen-bond donors (Lipinski definition) is 1. The molecular formula is C16H15NO5. The second-order valence-electron chi connectivity index (χ2n) is 4.62. The van der Waals surface area contributed by atoms with Crippen LogP contribution < -0.4 is 19.5 Å². The Bertz CT molecular complexity index is 669. The standard InChI is InChI=1S/C16H15NO5/c1-19-13-5-3-12(4-6-13)17-16(18)20-9-11-2-7-14-15(8-11)22-10-21-14/h2-8H,9-10H2,1H3,(H,17,18). The van der Waals surface area contributed by atoms with Crippen LogP contribution in [0.4, 0.5) is 10.5 Å². The third-order valence-electron chi connectivity index (χ3n) is 3.14. The lowest BCUT2D eigenvalue weighted by atomic mass is 10.2. The first-order valence-corrected chi connectivity index (χ1v) is 6.71. The minimum Gasteiger partial charge on any atom is -0.497 e. The van der Waals surface area contributed by atoms with Crippen LogP contribution in [-0.2, 0) is 11.3 Å². The molecule has 1 heterocycles. The van der Waals surface area contributed by atoms with Gasteiger partial charge in [0.1, 0.15) is 12.4 Å². The first-order valence-electron chi connectivity index (χ1n) is 6.71. The van der Waals surface area contributed by atoms with E-state index in [2.05, 4.69) is 5.32 Å². The molecule has 1 aliphatic rings. The molecule has 0 saturated heterocycles. The van der Waals surface area contributed by atoms with Gasteiger partial charge in [0.25, 0.3) is 0 Å². The lowest BCUT2D eigenvalue weighted by molar-refractivity contribution is 0.154. The van der Waals surface area contributed by atoms with E-state index in [4.69, 9.17) is 18.9 Å². The van der Waals surface area contributed by atoms with Gasteiger partial charge < -0.3 is 18.9 Å². The zero-order valence-electron chi connectivity index (χ0n) is 12.0. The lowest BCUT2D eigenvalue weighted by Gasteiger charge is -2.08. The number of amides is 1. The van der Waals surface area contributed by atoms with Gasteiger partial charge in [0.2, 0.25) is 6.79 Å². The third kappa shape index (κ3) is 3.22. The highest BCUT2D eigenvalue weighted by Crippen LogP contribution is 2.32. The van der Waals surface area contributed by atoms with Gasteiger partial charge in [-0.15, -0.1) is 0 Å². The van der Waals surface area contributed by atoms with Crippen molar-refractivity contribution in [3.63, 3.8) is 0 Å². The van der Waals surface area contributed by atoms with Crippen LogP contribution in [0.1, 0.15) is 5.56 Å². The van der Waals surface area contributed by atoms with Crippen LogP contribution in [0.5, 0.6) is 17.2 Å². The highest BCUT2D eigenvalue weighted by molar-refractivity contribution is 5.84. The zero-order chi connectivity index (χ0) is 15.4. The maximum atomic E-state index is 11.8. The summed E-state index contributed by atoms with van der Waals surface area (Å²) in [6.45, 7) is 0.371. The molecule has 22 heavy (non-hydrogen) atoms. The second-order valence-corrected chi connectivity index (χ2v) is 4.62. The fourth-order valence-electron chi connectivity index (χ4n) is 2.01. The van der Waals surface area contributed by atoms with Crippen LogP contribution >= 0.6 is 0 Å². The molecule has 1 amide bonds. The van der Waals surface area contributed by atoms with Crippen molar-refractivity contribution >= 4 is 11.8 Å². The van der Waals surface area contributed by atoms with Gasteiger partial charge in [-0.2, -0.15) is 0 Å². The van der Waals surface area contributed by atoms with Crippen LogP contribution in [0.3, 0.4) is 0 Å². The molecule has 2 aromatic rings. The molecule has 114 valence electrons. The molecular weight excluding hydrogens is 286 g/mol. The summed E-state index contributed by atoms with van der Waals surface area (Å²) in [6, 6.07) is 12.4. The average Bonchev–Trinajstić information content (AvgIpc) is 3.01. The lowest BCUT2D eigenvalue weighted by Crippen LogP contribution is -2.13. The van der Waals surface area contributed by atoms with Crippen molar-refractivity contribution in [2.45, 2.75) is 6.61 Å². The van der Waals surface area contributed by atoms with Gasteiger partial charge in [-0.1, -0.05) is 6.07 Å². The quantitative estimate of drug-likeness (QED) is 0.939. The summed E-state index contributed by atoms with van der Waals surface area (Å²) in [5, 5.41) is 2.64. The van der Waals surface area contributed by atoms with Crippen molar-refractivity contribution in [3.05, 3.63) is 48.0 Å². The first kappa shape index (κ1) is 14.1. The van der Waals surface area contributed by atoms with Crippen molar-refractivity contribution in [2.75, 3.05) is 19.2 Å². The predicted molar refractivity (Wildman–Crippen MR) is 79.4 cm³/mol. The third-order valence-corrected chi connectivity index (χ3v) is 3.14. The number of hydrogen-bond acceptors (Lipinski definition) is 5. The monoisotopic (exact) mass is 301 g/mol. The van der Waals surface area contributed by atoms with Crippen LogP contribution in [0, 0.1) is 0 Å². The normalized spacial score (nSPS) is 11.9. The molecule has 0 fully saturated rings. The van der Waals surface area contributed by atoms with Crippen LogP contribution in [0.25, 0.3) is 0 Å². The number of benzene rings is 2. The second kappa shape index (κ2) is 6.26. The average molecular weight is 301 g/mol. The molecule has 6 nitrogen and oxygen atoms in total. The Hall–Kier alpha value is -2.89. The van der Waals surface area contributed by atoms with E-state index < -0.39 is 6.09 Å². The minimum atomic E-state index is -0.525. The van der Waals surface area contributed by atoms with Gasteiger partial charge in [0.15, 0.2) is 11.5 Å². The van der Waals surface area contributed by atoms with Crippen molar-refractivity contribution in [2.24, 2.45) is 0 Å². The Balaban J connectivity index is 1.53. The maximum absolute atomic E-state index is 11.8. The Morgan fingerprint density at radius 3 is 2.68 bits per heavy atom. The maximum Gasteiger partial charge on any atom is 0.411 e. The number of nitrogens with one attached hydrogen (secondary N) is 1. The summed E-state index contributed by atoms with van der Waals surface area (Å²) in [4.78, 5) is 11.8. The molecule has 0 radical (unpaired) electrons. The largest absolute Gasteiger partial charge is 0.497 e. The number of carbonyl (C=O) groups is 1. The molecule has 0 unspecified atom stereocenters. The molecule has 2 aromatic carbocycles. The van der Waals surface area contributed by atoms with E-state index in [1.54, 1.807) is 43.5 Å². The molecule has 0 bridgehead atoms. The van der Waals surface area contributed by atoms with E-state index in [1.165, 1.54) is 0 Å². The number of fused-ring (bicyclic) bond motifs is 1. The van der Waals surface area contributed by atoms with Crippen LogP contribution in [0.2, 0.25) is 0 Å². The molecule has 0 aliphatic carbocycles. The van der Waals surface area contributed by atoms with E-state index >= 15 is 0 Å². The molecule has 0 aromatic heterocycles. The van der Waals surface area contributed by atoms with E-state index in [1.807, 2.05) is 6.07 Å². The van der Waals surface area contributed by atoms with Gasteiger partial charge in [0.05, 0.1) is 7.11 Å². The number of carbonyl (C=O) groups excluding carboxylic acids is 1. The summed E-state index contributed by atoms with van der Waals surface area (Å²) in [5.74, 6) is 2.09. The summed E-state index contributed by atoms with van der Waals surface area (Å²) in [6.07, 6.45) is -0.525. The molecule has 0 spiro atoms. The number of anilines is 1. The Kier molecular flexibility index (Phi) is 4.00. The SMILES string of the molecule is COc1ccc(NC(=O)OCc2ccc3c(c2)OCO3)cc1. The number of ether oxygens (including phenoxy) is 4. The van der Waals surface area contributed by atoms with E-state index in [9.17, 15) is 4.79 Å². The smallest absolute Gasteiger partial charge is 0.411 e. The van der Waals surface area contributed by atoms with Gasteiger partial charge in [-0.3, -0.25) is 5.32 Å². The fourth-order valence-corrected chi connectivity index (χ4v) is 2.01. The van der Waals surface area contributed by atoms with Gasteiger partial charge in [-0.25, -0.2) is 4.79 Å². The molecule has 0 atom stereocenters. The Morgan fingerprint density at radius 2 is 1.91 bits per heavy atom. The summed E-state index contributed by atoms with van der Waals surface area (Å²) >= 11 is 0. The molecule has 6 heteroatoms. The van der Waals surface area contributed by atoms with E-state index in [-0.39, 0.29) is 13.4 Å². The van der Waals surface area contributed by atoms with E-state index in [0.29, 0.717) is 17.2 Å². The van der Waals surface area contributed by atoms with Gasteiger partial charge in [0, 0.05) is 5.69 Å². The molecule has 1 aliphatic heterocycles. The van der Waals surface area contributed by atoms with Crippen molar-refractivity contribution in [3.8, 4) is 17.2 Å². The van der Waals surface area contributed by atoms with Gasteiger partial charge >= 0.3 is 6.09 Å². The topological polar surface area (TPSA) is 66.0 Å². The predicted octanol–water partition coefficient (Wildman–Crippen LogP) is 3.17. The molecule has 0 saturated carbocycles. The number of methoxy groups -OCH3 is 1. The zero-order valence-corrected chi connectivity index (χ0v) is 12.0. The minimum absolute atomic E-state index is 0.151. The van der Waals surface area contributed by atoms with Gasteiger partial charge in [-0.05, 0) is 42.0 Å². The van der Waals surface area contributed by atoms with Crippen LogP contribution in [-0.4, -0.2) is 20.0 Å². The Labute approximate surface area is 127 Å². The molecule has 3 rings (SSSR count). The summed E-state index contributed by atoms with van der Waals surface area (Å²) in [5.41, 5.74) is 1.46. The highest BCUT2D eigenvalue weighted by atomic mass is 16.7. The first-order chi connectivity index (χ1) is 10.7. The van der Waals surface area contributed by atoms with Crippen LogP contribution in [0.15, 0.2) is 42.5 Å². The van der Waals surface area contributed by atoms with Crippen molar-refractivity contribution < 1.29 is 23.7 Å². The van der Waals surface area contributed by atoms with Crippen molar-refractivity contribution in [1.29, 1.82) is 0 Å². The summed E-state index contributed by atoms with van der Waals surface area (Å²) < 4.78 is 20.7. The fraction of sp³-hybridized carbons (Fsp3) is 0.188. The van der Waals surface area contributed by atoms with Crippen molar-refractivity contribution in [1.82, 2.24) is 0 Å². The summed E-state index contributed by atoms with van der Waals surface area (Å²) in [7, 11) is 1.59. The number of rotatable bonds is 4.